The first-order valence-corrected chi connectivity index (χ1v) is 9.99. The molecule has 2 aromatic rings. The molecular weight excluding hydrogens is 318 g/mol. The van der Waals surface area contributed by atoms with Crippen LogP contribution >= 0.6 is 0 Å². The van der Waals surface area contributed by atoms with Crippen LogP contribution in [0.4, 0.5) is 0 Å². The number of furan rings is 1. The number of aryl methyl sites for hydroxylation is 1. The molecule has 138 valence electrons. The molecule has 2 aliphatic rings. The first-order valence-electron chi connectivity index (χ1n) is 9.99. The maximum Gasteiger partial charge on any atom is 0.109 e. The van der Waals surface area contributed by atoms with Crippen molar-refractivity contribution in [3.05, 3.63) is 65.1 Å². The normalized spacial score (nSPS) is 20.5. The molecule has 1 aliphatic heterocycles. The Morgan fingerprint density at radius 3 is 2.54 bits per heavy atom. The first-order chi connectivity index (χ1) is 12.4. The van der Waals surface area contributed by atoms with Gasteiger partial charge in [-0.2, -0.15) is 0 Å². The molecule has 2 heterocycles. The molecule has 0 amide bonds. The van der Waals surface area contributed by atoms with Gasteiger partial charge < -0.3 is 9.32 Å². The van der Waals surface area contributed by atoms with Crippen LogP contribution in [0.2, 0.25) is 0 Å². The Labute approximate surface area is 157 Å². The van der Waals surface area contributed by atoms with Gasteiger partial charge in [0.25, 0.3) is 0 Å². The van der Waals surface area contributed by atoms with E-state index >= 15 is 0 Å². The zero-order valence-corrected chi connectivity index (χ0v) is 16.6. The third-order valence-corrected chi connectivity index (χ3v) is 6.61. The van der Waals surface area contributed by atoms with Gasteiger partial charge in [0.05, 0.1) is 0 Å². The largest absolute Gasteiger partial charge is 0.466 e. The molecule has 1 spiro atoms. The van der Waals surface area contributed by atoms with E-state index in [0.29, 0.717) is 6.04 Å². The van der Waals surface area contributed by atoms with Gasteiger partial charge >= 0.3 is 0 Å². The Morgan fingerprint density at radius 2 is 1.85 bits per heavy atom. The molecule has 4 rings (SSSR count). The molecule has 0 saturated carbocycles. The Balaban J connectivity index is 1.41. The molecule has 1 fully saturated rings. The average molecular weight is 350 g/mol. The van der Waals surface area contributed by atoms with Crippen LogP contribution in [0.1, 0.15) is 62.7 Å². The van der Waals surface area contributed by atoms with Crippen molar-refractivity contribution < 1.29 is 4.42 Å². The van der Waals surface area contributed by atoms with Crippen molar-refractivity contribution in [1.29, 1.82) is 0 Å². The van der Waals surface area contributed by atoms with Crippen molar-refractivity contribution in [2.45, 2.75) is 63.8 Å². The van der Waals surface area contributed by atoms with E-state index in [4.69, 9.17) is 4.42 Å². The molecule has 0 bridgehead atoms. The Kier molecular flexibility index (Phi) is 4.35. The maximum atomic E-state index is 5.92. The molecule has 1 aromatic heterocycles. The number of hydrogen-bond acceptors (Lipinski definition) is 2. The molecule has 1 unspecified atom stereocenters. The lowest BCUT2D eigenvalue weighted by Crippen LogP contribution is -2.46. The number of likely N-dealkylation sites (tertiary alicyclic amines) is 1. The summed E-state index contributed by atoms with van der Waals surface area (Å²) < 4.78 is 5.92. The van der Waals surface area contributed by atoms with Crippen LogP contribution < -0.4 is 0 Å². The van der Waals surface area contributed by atoms with Crippen molar-refractivity contribution in [3.8, 4) is 0 Å². The Hall–Kier alpha value is -1.80. The van der Waals surface area contributed by atoms with Crippen LogP contribution in [0, 0.1) is 6.92 Å². The molecular formula is C24H31NO. The van der Waals surface area contributed by atoms with Crippen LogP contribution in [0.25, 0.3) is 6.08 Å². The van der Waals surface area contributed by atoms with E-state index in [-0.39, 0.29) is 10.8 Å². The van der Waals surface area contributed by atoms with Crippen LogP contribution in [0.5, 0.6) is 0 Å². The summed E-state index contributed by atoms with van der Waals surface area (Å²) in [6, 6.07) is 13.7. The summed E-state index contributed by atoms with van der Waals surface area (Å²) in [6.45, 7) is 11.4. The second-order valence-electron chi connectivity index (χ2n) is 8.96. The number of nitrogens with zero attached hydrogens (tertiary/aromatic N) is 1. The van der Waals surface area contributed by atoms with E-state index in [1.165, 1.54) is 31.5 Å². The van der Waals surface area contributed by atoms with Crippen LogP contribution in [0.15, 0.2) is 46.9 Å². The lowest BCUT2D eigenvalue weighted by atomic mass is 9.74. The fourth-order valence-electron chi connectivity index (χ4n) is 5.00. The van der Waals surface area contributed by atoms with E-state index in [0.717, 1.165) is 17.9 Å². The highest BCUT2D eigenvalue weighted by Gasteiger charge is 2.39. The smallest absolute Gasteiger partial charge is 0.109 e. The Morgan fingerprint density at radius 1 is 1.12 bits per heavy atom. The van der Waals surface area contributed by atoms with E-state index < -0.39 is 0 Å². The fourth-order valence-corrected chi connectivity index (χ4v) is 5.00. The number of hydrogen-bond donors (Lipinski definition) is 0. The zero-order chi connectivity index (χ0) is 18.4. The number of benzene rings is 1. The third-order valence-electron chi connectivity index (χ3n) is 6.61. The summed E-state index contributed by atoms with van der Waals surface area (Å²) in [4.78, 5) is 2.68. The second kappa shape index (κ2) is 6.42. The lowest BCUT2D eigenvalue weighted by molar-refractivity contribution is 0.118. The van der Waals surface area contributed by atoms with E-state index in [1.807, 2.05) is 6.92 Å². The minimum atomic E-state index is 0.0721. The average Bonchev–Trinajstić information content (AvgIpc) is 3.21. The fraction of sp³-hybridized carbons (Fsp3) is 0.500. The van der Waals surface area contributed by atoms with Crippen molar-refractivity contribution in [3.63, 3.8) is 0 Å². The predicted octanol–water partition coefficient (Wildman–Crippen LogP) is 5.70. The second-order valence-corrected chi connectivity index (χ2v) is 8.96. The van der Waals surface area contributed by atoms with Gasteiger partial charge in [0.2, 0.25) is 0 Å². The predicted molar refractivity (Wildman–Crippen MR) is 109 cm³/mol. The van der Waals surface area contributed by atoms with Crippen LogP contribution in [-0.4, -0.2) is 24.0 Å². The zero-order valence-electron chi connectivity index (χ0n) is 16.6. The minimum absolute atomic E-state index is 0.0721. The van der Waals surface area contributed by atoms with Crippen molar-refractivity contribution in [1.82, 2.24) is 4.90 Å². The quantitative estimate of drug-likeness (QED) is 0.703. The maximum absolute atomic E-state index is 5.92. The van der Waals surface area contributed by atoms with Crippen molar-refractivity contribution >= 4 is 6.08 Å². The summed E-state index contributed by atoms with van der Waals surface area (Å²) in [7, 11) is 0. The summed E-state index contributed by atoms with van der Waals surface area (Å²) in [5, 5.41) is 0. The number of rotatable bonds is 4. The van der Waals surface area contributed by atoms with Gasteiger partial charge in [-0.1, -0.05) is 50.3 Å². The monoisotopic (exact) mass is 349 g/mol. The molecule has 0 radical (unpaired) electrons. The number of piperidine rings is 1. The summed E-state index contributed by atoms with van der Waals surface area (Å²) >= 11 is 0. The molecule has 1 saturated heterocycles. The highest BCUT2D eigenvalue weighted by atomic mass is 16.3. The summed E-state index contributed by atoms with van der Waals surface area (Å²) in [5.41, 5.74) is 3.31. The van der Waals surface area contributed by atoms with E-state index in [9.17, 15) is 0 Å². The van der Waals surface area contributed by atoms with Crippen LogP contribution in [-0.2, 0) is 10.8 Å². The minimum Gasteiger partial charge on any atom is -0.466 e. The van der Waals surface area contributed by atoms with Gasteiger partial charge in [0.1, 0.15) is 11.5 Å². The van der Waals surface area contributed by atoms with Crippen molar-refractivity contribution in [2.24, 2.45) is 0 Å². The summed E-state index contributed by atoms with van der Waals surface area (Å²) in [6.07, 6.45) is 8.38. The standard InChI is InChI=1S/C24H31NO/c1-18(17-23(3,4)22-10-9-19(2)26-22)25-15-13-24(14-16-25)12-11-20-7-5-6-8-21(20)24/h5-12,18H,13-17H2,1-4H3. The number of fused-ring (bicyclic) bond motifs is 2. The first kappa shape index (κ1) is 17.6. The van der Waals surface area contributed by atoms with E-state index in [1.54, 1.807) is 5.56 Å². The Bertz CT molecular complexity index is 805. The summed E-state index contributed by atoms with van der Waals surface area (Å²) in [5.74, 6) is 2.12. The molecule has 1 aromatic carbocycles. The molecule has 2 nitrogen and oxygen atoms in total. The third kappa shape index (κ3) is 3.05. The SMILES string of the molecule is Cc1ccc(C(C)(C)CC(C)N2CCC3(C=Cc4ccccc43)CC2)o1. The van der Waals surface area contributed by atoms with Gasteiger partial charge in [-0.05, 0) is 69.5 Å². The topological polar surface area (TPSA) is 16.4 Å². The van der Waals surface area contributed by atoms with Gasteiger partial charge in [-0.25, -0.2) is 0 Å². The highest BCUT2D eigenvalue weighted by Crippen LogP contribution is 2.44. The molecule has 2 heteroatoms. The highest BCUT2D eigenvalue weighted by molar-refractivity contribution is 5.65. The van der Waals surface area contributed by atoms with Gasteiger partial charge in [0.15, 0.2) is 0 Å². The lowest BCUT2D eigenvalue weighted by Gasteiger charge is -2.43. The van der Waals surface area contributed by atoms with Crippen LogP contribution in [0.3, 0.4) is 0 Å². The van der Waals surface area contributed by atoms with Gasteiger partial charge in [0, 0.05) is 16.9 Å². The molecule has 1 atom stereocenters. The number of allylic oxidation sites excluding steroid dienone is 1. The molecule has 1 aliphatic carbocycles. The van der Waals surface area contributed by atoms with Crippen molar-refractivity contribution in [2.75, 3.05) is 13.1 Å². The van der Waals surface area contributed by atoms with E-state index in [2.05, 4.69) is 74.2 Å². The molecule has 0 N–H and O–H groups in total. The van der Waals surface area contributed by atoms with Gasteiger partial charge in [-0.15, -0.1) is 0 Å². The molecule has 26 heavy (non-hydrogen) atoms. The van der Waals surface area contributed by atoms with Gasteiger partial charge in [-0.3, -0.25) is 0 Å².